The molecule has 2 rings (SSSR count). The Hall–Kier alpha value is -2.06. The third-order valence-corrected chi connectivity index (χ3v) is 4.26. The third-order valence-electron chi connectivity index (χ3n) is 3.30. The minimum Gasteiger partial charge on any atom is -0.382 e. The van der Waals surface area contributed by atoms with Gasteiger partial charge in [0.2, 0.25) is 0 Å². The maximum absolute atomic E-state index is 11.5. The molecule has 0 aromatic heterocycles. The van der Waals surface area contributed by atoms with Crippen LogP contribution in [0.4, 0.5) is 0 Å². The van der Waals surface area contributed by atoms with Crippen LogP contribution in [0.1, 0.15) is 22.3 Å². The standard InChI is InChI=1S/C17H20O6S2/c1-12-5-7-16(22-24(3,18)19)14(9-12)11-15-10-13(2)6-8-17(15)23-25(4,20)21/h5-10H,11H2,1-4H3. The topological polar surface area (TPSA) is 86.7 Å². The summed E-state index contributed by atoms with van der Waals surface area (Å²) in [5.41, 5.74) is 3.09. The minimum absolute atomic E-state index is 0.208. The molecule has 0 saturated heterocycles. The lowest BCUT2D eigenvalue weighted by Crippen LogP contribution is -2.10. The predicted molar refractivity (Wildman–Crippen MR) is 96.1 cm³/mol. The van der Waals surface area contributed by atoms with Crippen LogP contribution in [-0.4, -0.2) is 29.3 Å². The number of hydrogen-bond donors (Lipinski definition) is 0. The Morgan fingerprint density at radius 3 is 1.40 bits per heavy atom. The van der Waals surface area contributed by atoms with E-state index < -0.39 is 20.2 Å². The van der Waals surface area contributed by atoms with Crippen LogP contribution in [0.3, 0.4) is 0 Å². The van der Waals surface area contributed by atoms with Crippen molar-refractivity contribution < 1.29 is 25.2 Å². The zero-order valence-electron chi connectivity index (χ0n) is 14.4. The third kappa shape index (κ3) is 6.06. The zero-order chi connectivity index (χ0) is 18.8. The molecule has 6 nitrogen and oxygen atoms in total. The zero-order valence-corrected chi connectivity index (χ0v) is 16.1. The van der Waals surface area contributed by atoms with Gasteiger partial charge in [-0.25, -0.2) is 0 Å². The Morgan fingerprint density at radius 1 is 0.720 bits per heavy atom. The van der Waals surface area contributed by atoms with E-state index in [2.05, 4.69) is 0 Å². The summed E-state index contributed by atoms with van der Waals surface area (Å²) in [5.74, 6) is 0.417. The van der Waals surface area contributed by atoms with Crippen LogP contribution in [0.5, 0.6) is 11.5 Å². The van der Waals surface area contributed by atoms with Crippen LogP contribution in [0.15, 0.2) is 36.4 Å². The Labute approximate surface area is 148 Å². The van der Waals surface area contributed by atoms with Gasteiger partial charge in [-0.05, 0) is 26.0 Å². The second kappa shape index (κ2) is 7.05. The molecule has 0 aliphatic rings. The van der Waals surface area contributed by atoms with E-state index >= 15 is 0 Å². The average Bonchev–Trinajstić information content (AvgIpc) is 2.42. The molecule has 0 heterocycles. The van der Waals surface area contributed by atoms with Gasteiger partial charge in [0.25, 0.3) is 0 Å². The first-order chi connectivity index (χ1) is 11.4. The minimum atomic E-state index is -3.68. The lowest BCUT2D eigenvalue weighted by molar-refractivity contribution is 0.488. The normalized spacial score (nSPS) is 12.0. The molecule has 0 atom stereocenters. The average molecular weight is 384 g/mol. The molecule has 0 aliphatic heterocycles. The molecule has 2 aromatic carbocycles. The summed E-state index contributed by atoms with van der Waals surface area (Å²) in [7, 11) is -7.36. The fourth-order valence-corrected chi connectivity index (χ4v) is 3.36. The first-order valence-corrected chi connectivity index (χ1v) is 11.0. The van der Waals surface area contributed by atoms with Crippen molar-refractivity contribution in [3.63, 3.8) is 0 Å². The van der Waals surface area contributed by atoms with Crippen molar-refractivity contribution in [2.24, 2.45) is 0 Å². The summed E-state index contributed by atoms with van der Waals surface area (Å²) in [5, 5.41) is 0. The van der Waals surface area contributed by atoms with E-state index in [4.69, 9.17) is 8.37 Å². The highest BCUT2D eigenvalue weighted by atomic mass is 32.2. The maximum Gasteiger partial charge on any atom is 0.306 e. The Morgan fingerprint density at radius 2 is 1.08 bits per heavy atom. The van der Waals surface area contributed by atoms with E-state index in [1.165, 1.54) is 0 Å². The summed E-state index contributed by atoms with van der Waals surface area (Å²) in [6.07, 6.45) is 2.21. The summed E-state index contributed by atoms with van der Waals surface area (Å²) in [6, 6.07) is 10.2. The predicted octanol–water partition coefficient (Wildman–Crippen LogP) is 2.57. The molecule has 0 fully saturated rings. The molecule has 136 valence electrons. The fourth-order valence-electron chi connectivity index (χ4n) is 2.39. The van der Waals surface area contributed by atoms with E-state index in [1.54, 1.807) is 36.4 Å². The molecule has 0 bridgehead atoms. The van der Waals surface area contributed by atoms with Crippen LogP contribution >= 0.6 is 0 Å². The second-order valence-electron chi connectivity index (χ2n) is 5.97. The van der Waals surface area contributed by atoms with Gasteiger partial charge < -0.3 is 8.37 Å². The highest BCUT2D eigenvalue weighted by Crippen LogP contribution is 2.29. The molecule has 25 heavy (non-hydrogen) atoms. The van der Waals surface area contributed by atoms with Gasteiger partial charge >= 0.3 is 20.2 Å². The van der Waals surface area contributed by atoms with Gasteiger partial charge in [-0.3, -0.25) is 0 Å². The van der Waals surface area contributed by atoms with Crippen LogP contribution < -0.4 is 8.37 Å². The first kappa shape index (κ1) is 19.3. The smallest absolute Gasteiger partial charge is 0.306 e. The summed E-state index contributed by atoms with van der Waals surface area (Å²) in [4.78, 5) is 0. The molecule has 0 N–H and O–H groups in total. The monoisotopic (exact) mass is 384 g/mol. The molecule has 8 heteroatoms. The number of aryl methyl sites for hydroxylation is 2. The fraction of sp³-hybridized carbons (Fsp3) is 0.294. The Bertz CT molecular complexity index is 910. The van der Waals surface area contributed by atoms with Crippen LogP contribution in [0, 0.1) is 13.8 Å². The molecular formula is C17H20O6S2. The van der Waals surface area contributed by atoms with Crippen molar-refractivity contribution in [1.29, 1.82) is 0 Å². The summed E-state index contributed by atoms with van der Waals surface area (Å²) in [6.45, 7) is 3.75. The molecular weight excluding hydrogens is 364 g/mol. The van der Waals surface area contributed by atoms with Crippen molar-refractivity contribution in [1.82, 2.24) is 0 Å². The molecule has 0 spiro atoms. The van der Waals surface area contributed by atoms with Crippen molar-refractivity contribution in [2.75, 3.05) is 12.5 Å². The summed E-state index contributed by atoms with van der Waals surface area (Å²) >= 11 is 0. The molecule has 0 unspecified atom stereocenters. The molecule has 0 amide bonds. The van der Waals surface area contributed by atoms with E-state index in [9.17, 15) is 16.8 Å². The van der Waals surface area contributed by atoms with Gasteiger partial charge in [-0.2, -0.15) is 16.8 Å². The van der Waals surface area contributed by atoms with Crippen molar-refractivity contribution in [3.05, 3.63) is 58.7 Å². The van der Waals surface area contributed by atoms with E-state index in [0.717, 1.165) is 23.6 Å². The first-order valence-electron chi connectivity index (χ1n) is 7.41. The van der Waals surface area contributed by atoms with Crippen LogP contribution in [0.25, 0.3) is 0 Å². The van der Waals surface area contributed by atoms with E-state index in [0.29, 0.717) is 11.1 Å². The van der Waals surface area contributed by atoms with E-state index in [-0.39, 0.29) is 17.9 Å². The lowest BCUT2D eigenvalue weighted by atomic mass is 10.00. The Kier molecular flexibility index (Phi) is 5.43. The van der Waals surface area contributed by atoms with Crippen molar-refractivity contribution in [2.45, 2.75) is 20.3 Å². The van der Waals surface area contributed by atoms with Gasteiger partial charge in [-0.15, -0.1) is 0 Å². The van der Waals surface area contributed by atoms with E-state index in [1.807, 2.05) is 13.8 Å². The van der Waals surface area contributed by atoms with Gasteiger partial charge in [0.05, 0.1) is 12.5 Å². The van der Waals surface area contributed by atoms with Gasteiger partial charge in [0.15, 0.2) is 0 Å². The highest BCUT2D eigenvalue weighted by molar-refractivity contribution is 7.86. The number of benzene rings is 2. The summed E-state index contributed by atoms with van der Waals surface area (Å²) < 4.78 is 56.0. The Balaban J connectivity index is 2.49. The van der Waals surface area contributed by atoms with Crippen LogP contribution in [0.2, 0.25) is 0 Å². The van der Waals surface area contributed by atoms with Gasteiger partial charge in [-0.1, -0.05) is 35.4 Å². The largest absolute Gasteiger partial charge is 0.382 e. The molecule has 0 radical (unpaired) electrons. The highest BCUT2D eigenvalue weighted by Gasteiger charge is 2.15. The quantitative estimate of drug-likeness (QED) is 0.712. The van der Waals surface area contributed by atoms with Gasteiger partial charge in [0, 0.05) is 17.5 Å². The molecule has 0 aliphatic carbocycles. The molecule has 2 aromatic rings. The van der Waals surface area contributed by atoms with Crippen LogP contribution in [-0.2, 0) is 26.7 Å². The lowest BCUT2D eigenvalue weighted by Gasteiger charge is -2.14. The van der Waals surface area contributed by atoms with Gasteiger partial charge in [0.1, 0.15) is 11.5 Å². The SMILES string of the molecule is Cc1ccc(OS(C)(=O)=O)c(Cc2cc(C)ccc2OS(C)(=O)=O)c1. The number of hydrogen-bond acceptors (Lipinski definition) is 6. The number of rotatable bonds is 6. The van der Waals surface area contributed by atoms with Crippen molar-refractivity contribution in [3.8, 4) is 11.5 Å². The second-order valence-corrected chi connectivity index (χ2v) is 9.12. The van der Waals surface area contributed by atoms with Crippen molar-refractivity contribution >= 4 is 20.2 Å². The maximum atomic E-state index is 11.5. The molecule has 0 saturated carbocycles.